The van der Waals surface area contributed by atoms with Crippen LogP contribution in [0.3, 0.4) is 0 Å². The van der Waals surface area contributed by atoms with E-state index in [9.17, 15) is 18.9 Å². The van der Waals surface area contributed by atoms with Gasteiger partial charge in [-0.1, -0.05) is 33.1 Å². The maximum absolute atomic E-state index is 13.0. The van der Waals surface area contributed by atoms with Gasteiger partial charge in [0.2, 0.25) is 11.8 Å². The third-order valence-electron chi connectivity index (χ3n) is 7.02. The smallest absolute Gasteiger partial charge is 0.344 e. The monoisotopic (exact) mass is 652 g/mol. The van der Waals surface area contributed by atoms with E-state index < -0.39 is 31.2 Å². The van der Waals surface area contributed by atoms with Crippen LogP contribution in [0, 0.1) is 11.8 Å². The van der Waals surface area contributed by atoms with Crippen molar-refractivity contribution in [1.82, 2.24) is 21.4 Å². The third-order valence-corrected chi connectivity index (χ3v) is 8.93. The van der Waals surface area contributed by atoms with Gasteiger partial charge < -0.3 is 34.2 Å². The lowest BCUT2D eigenvalue weighted by Crippen LogP contribution is -2.44. The summed E-state index contributed by atoms with van der Waals surface area (Å²) in [4.78, 5) is 38.0. The summed E-state index contributed by atoms with van der Waals surface area (Å²) in [7, 11) is -3.26. The first-order valence-corrected chi connectivity index (χ1v) is 17.3. The Labute approximate surface area is 265 Å². The Bertz CT molecular complexity index is 1260. The summed E-state index contributed by atoms with van der Waals surface area (Å²) in [6.07, 6.45) is 3.53. The van der Waals surface area contributed by atoms with Crippen molar-refractivity contribution in [2.45, 2.75) is 73.3 Å². The van der Waals surface area contributed by atoms with Crippen LogP contribution in [-0.2, 0) is 29.7 Å². The van der Waals surface area contributed by atoms with Crippen LogP contribution < -0.4 is 26.2 Å². The van der Waals surface area contributed by atoms with E-state index in [0.29, 0.717) is 43.1 Å². The number of benzene rings is 1. The van der Waals surface area contributed by atoms with Gasteiger partial charge in [0.15, 0.2) is 5.76 Å². The first-order valence-electron chi connectivity index (χ1n) is 15.6. The Morgan fingerprint density at radius 1 is 0.911 bits per heavy atom. The molecule has 0 aliphatic carbocycles. The fourth-order valence-corrected chi connectivity index (χ4v) is 6.35. The molecule has 1 heterocycles. The summed E-state index contributed by atoms with van der Waals surface area (Å²) in [5, 5.41) is 17.6. The standard InChI is InChI=1S/C31H49N4O9P/c1-6-11-12-13-26(25(7-2)30(37)35-39)29(36)33-20-34-31(38)28-15-14-27(44-28)23-16-22(17-24(18-23)41-8-3)19-32-21-45(40,42-9-4)43-10-5/h14-18,25-26,32,39H,6-13,19-21H2,1-5H3,(H,33,36)(H,34,38)(H,35,37)/t25-,26-/m1/s1. The Balaban J connectivity index is 2.08. The van der Waals surface area contributed by atoms with E-state index in [4.69, 9.17) is 23.4 Å². The number of ether oxygens (including phenoxy) is 1. The Morgan fingerprint density at radius 3 is 2.27 bits per heavy atom. The minimum atomic E-state index is -3.26. The van der Waals surface area contributed by atoms with Gasteiger partial charge in [-0.05, 0) is 69.5 Å². The number of amides is 3. The molecule has 252 valence electrons. The molecule has 1 aromatic heterocycles. The van der Waals surface area contributed by atoms with Gasteiger partial charge in [0.05, 0.1) is 38.7 Å². The Morgan fingerprint density at radius 2 is 1.64 bits per heavy atom. The number of nitrogens with one attached hydrogen (secondary N) is 4. The Hall–Kier alpha value is -3.22. The summed E-state index contributed by atoms with van der Waals surface area (Å²) in [5.41, 5.74) is 3.16. The normalized spacial score (nSPS) is 12.8. The summed E-state index contributed by atoms with van der Waals surface area (Å²) in [6, 6.07) is 8.72. The molecule has 0 bridgehead atoms. The molecule has 0 saturated carbocycles. The summed E-state index contributed by atoms with van der Waals surface area (Å²) < 4.78 is 35.0. The van der Waals surface area contributed by atoms with Crippen LogP contribution in [0.15, 0.2) is 34.7 Å². The summed E-state index contributed by atoms with van der Waals surface area (Å²) in [5.74, 6) is -1.79. The highest BCUT2D eigenvalue weighted by Crippen LogP contribution is 2.46. The molecule has 0 radical (unpaired) electrons. The first-order chi connectivity index (χ1) is 21.6. The van der Waals surface area contributed by atoms with Crippen LogP contribution in [0.5, 0.6) is 5.75 Å². The number of carbonyl (C=O) groups excluding carboxylic acids is 3. The predicted molar refractivity (Wildman–Crippen MR) is 170 cm³/mol. The minimum Gasteiger partial charge on any atom is -0.494 e. The number of rotatable bonds is 22. The van der Waals surface area contributed by atoms with Crippen molar-refractivity contribution in [2.75, 3.05) is 32.8 Å². The molecule has 3 amide bonds. The molecule has 2 atom stereocenters. The van der Waals surface area contributed by atoms with Crippen molar-refractivity contribution in [3.05, 3.63) is 41.7 Å². The van der Waals surface area contributed by atoms with Crippen molar-refractivity contribution in [3.63, 3.8) is 0 Å². The largest absolute Gasteiger partial charge is 0.494 e. The average Bonchev–Trinajstić information content (AvgIpc) is 3.51. The molecule has 14 heteroatoms. The molecule has 1 aromatic carbocycles. The fraction of sp³-hybridized carbons (Fsp3) is 0.581. The number of hydrogen-bond donors (Lipinski definition) is 5. The van der Waals surface area contributed by atoms with Gasteiger partial charge >= 0.3 is 7.60 Å². The molecule has 0 aliphatic rings. The second kappa shape index (κ2) is 20.0. The van der Waals surface area contributed by atoms with Crippen molar-refractivity contribution in [2.24, 2.45) is 11.8 Å². The van der Waals surface area contributed by atoms with Gasteiger partial charge in [0, 0.05) is 18.0 Å². The van der Waals surface area contributed by atoms with E-state index in [-0.39, 0.29) is 37.8 Å². The molecular formula is C31H49N4O9P. The van der Waals surface area contributed by atoms with Crippen LogP contribution in [0.1, 0.15) is 82.8 Å². The minimum absolute atomic E-state index is 0.0394. The van der Waals surface area contributed by atoms with Crippen molar-refractivity contribution in [1.29, 1.82) is 0 Å². The van der Waals surface area contributed by atoms with E-state index in [2.05, 4.69) is 16.0 Å². The second-order valence-electron chi connectivity index (χ2n) is 10.3. The van der Waals surface area contributed by atoms with Gasteiger partial charge in [-0.3, -0.25) is 24.2 Å². The highest BCUT2D eigenvalue weighted by Gasteiger charge is 2.32. The van der Waals surface area contributed by atoms with E-state index in [0.717, 1.165) is 24.8 Å². The van der Waals surface area contributed by atoms with E-state index in [1.54, 1.807) is 38.4 Å². The molecule has 2 rings (SSSR count). The third kappa shape index (κ3) is 12.2. The van der Waals surface area contributed by atoms with Gasteiger partial charge in [0.1, 0.15) is 11.5 Å². The molecule has 0 fully saturated rings. The van der Waals surface area contributed by atoms with Crippen molar-refractivity contribution in [3.8, 4) is 17.1 Å². The number of unbranched alkanes of at least 4 members (excludes halogenated alkanes) is 2. The molecule has 0 aliphatic heterocycles. The molecule has 0 spiro atoms. The second-order valence-corrected chi connectivity index (χ2v) is 12.4. The quantitative estimate of drug-likeness (QED) is 0.0374. The van der Waals surface area contributed by atoms with Crippen molar-refractivity contribution < 1.29 is 42.4 Å². The zero-order chi connectivity index (χ0) is 33.2. The first kappa shape index (κ1) is 38.0. The SMILES string of the molecule is CCCCC[C@@H](C(=O)NCNC(=O)c1ccc(-c2cc(CNCP(=O)(OCC)OCC)cc(OCC)c2)o1)[C@@H](CC)C(=O)NO. The molecular weight excluding hydrogens is 603 g/mol. The zero-order valence-electron chi connectivity index (χ0n) is 27.0. The number of carbonyl (C=O) groups is 3. The highest BCUT2D eigenvalue weighted by atomic mass is 31.2. The zero-order valence-corrected chi connectivity index (χ0v) is 27.9. The van der Waals surface area contributed by atoms with Crippen LogP contribution in [0.25, 0.3) is 11.3 Å². The lowest BCUT2D eigenvalue weighted by Gasteiger charge is -2.24. The molecule has 45 heavy (non-hydrogen) atoms. The van der Waals surface area contributed by atoms with Gasteiger partial charge in [-0.25, -0.2) is 5.48 Å². The van der Waals surface area contributed by atoms with Gasteiger partial charge in [0.25, 0.3) is 5.91 Å². The molecule has 13 nitrogen and oxygen atoms in total. The Kier molecular flexibility index (Phi) is 16.9. The highest BCUT2D eigenvalue weighted by molar-refractivity contribution is 7.53. The summed E-state index contributed by atoms with van der Waals surface area (Å²) in [6.45, 7) is 10.4. The predicted octanol–water partition coefficient (Wildman–Crippen LogP) is 5.19. The lowest BCUT2D eigenvalue weighted by molar-refractivity contribution is -0.140. The molecule has 0 saturated heterocycles. The maximum atomic E-state index is 13.0. The van der Waals surface area contributed by atoms with E-state index >= 15 is 0 Å². The number of hydrogen-bond acceptors (Lipinski definition) is 10. The number of furan rings is 1. The van der Waals surface area contributed by atoms with E-state index in [1.165, 1.54) is 6.07 Å². The van der Waals surface area contributed by atoms with Crippen LogP contribution in [0.4, 0.5) is 0 Å². The van der Waals surface area contributed by atoms with Crippen LogP contribution >= 0.6 is 7.60 Å². The van der Waals surface area contributed by atoms with Crippen molar-refractivity contribution >= 4 is 25.3 Å². The van der Waals surface area contributed by atoms with E-state index in [1.807, 2.05) is 26.0 Å². The average molecular weight is 653 g/mol. The summed E-state index contributed by atoms with van der Waals surface area (Å²) >= 11 is 0. The lowest BCUT2D eigenvalue weighted by atomic mass is 9.84. The molecule has 0 unspecified atom stereocenters. The van der Waals surface area contributed by atoms with Gasteiger partial charge in [-0.2, -0.15) is 0 Å². The van der Waals surface area contributed by atoms with Crippen LogP contribution in [-0.4, -0.2) is 55.7 Å². The number of hydroxylamine groups is 1. The topological polar surface area (TPSA) is 177 Å². The maximum Gasteiger partial charge on any atom is 0.344 e. The molecule has 5 N–H and O–H groups in total. The van der Waals surface area contributed by atoms with Crippen LogP contribution in [0.2, 0.25) is 0 Å². The molecule has 2 aromatic rings. The van der Waals surface area contributed by atoms with Gasteiger partial charge in [-0.15, -0.1) is 0 Å². The fourth-order valence-electron chi connectivity index (χ4n) is 4.92.